The van der Waals surface area contributed by atoms with Gasteiger partial charge in [-0.05, 0) is 24.5 Å². The summed E-state index contributed by atoms with van der Waals surface area (Å²) in [5.74, 6) is 2.13. The van der Waals surface area contributed by atoms with Crippen LogP contribution in [0.3, 0.4) is 0 Å². The molecule has 108 valence electrons. The van der Waals surface area contributed by atoms with Crippen LogP contribution in [-0.2, 0) is 0 Å². The lowest BCUT2D eigenvalue weighted by atomic mass is 10.2. The van der Waals surface area contributed by atoms with E-state index >= 15 is 0 Å². The highest BCUT2D eigenvalue weighted by Gasteiger charge is 2.17. The van der Waals surface area contributed by atoms with Gasteiger partial charge >= 0.3 is 0 Å². The van der Waals surface area contributed by atoms with Crippen LogP contribution in [0, 0.1) is 0 Å². The van der Waals surface area contributed by atoms with Gasteiger partial charge in [0, 0.05) is 22.7 Å². The average molecular weight is 301 g/mol. The highest BCUT2D eigenvalue weighted by atomic mass is 32.2. The molecule has 0 aromatic heterocycles. The molecule has 4 nitrogen and oxygen atoms in total. The molecule has 5 heteroatoms. The van der Waals surface area contributed by atoms with Crippen LogP contribution in [0.2, 0.25) is 0 Å². The predicted octanol–water partition coefficient (Wildman–Crippen LogP) is 3.90. The summed E-state index contributed by atoms with van der Waals surface area (Å²) in [7, 11) is 1.63. The summed E-state index contributed by atoms with van der Waals surface area (Å²) >= 11 is 1.67. The van der Waals surface area contributed by atoms with Crippen molar-refractivity contribution in [2.45, 2.75) is 4.90 Å². The molecule has 0 saturated carbocycles. The van der Waals surface area contributed by atoms with Crippen LogP contribution in [0.1, 0.15) is 5.56 Å². The van der Waals surface area contributed by atoms with Crippen molar-refractivity contribution in [2.75, 3.05) is 20.2 Å². The number of thioether (sulfide) groups is 1. The molecule has 0 radical (unpaired) electrons. The molecule has 0 saturated heterocycles. The summed E-state index contributed by atoms with van der Waals surface area (Å²) in [5, 5.41) is 0. The molecule has 21 heavy (non-hydrogen) atoms. The number of rotatable bonds is 4. The van der Waals surface area contributed by atoms with Crippen LogP contribution < -0.4 is 14.2 Å². The van der Waals surface area contributed by atoms with E-state index in [1.165, 1.54) is 0 Å². The number of nitrogens with zero attached hydrogens (tertiary/aromatic N) is 1. The fourth-order valence-electron chi connectivity index (χ4n) is 2.09. The molecule has 0 aliphatic carbocycles. The summed E-state index contributed by atoms with van der Waals surface area (Å²) in [6.45, 7) is 0.244. The minimum Gasteiger partial charge on any atom is -0.496 e. The van der Waals surface area contributed by atoms with Crippen LogP contribution in [0.4, 0.5) is 5.69 Å². The fraction of sp³-hybridized carbons (Fsp3) is 0.188. The van der Waals surface area contributed by atoms with Gasteiger partial charge in [-0.15, -0.1) is 11.8 Å². The van der Waals surface area contributed by atoms with Gasteiger partial charge in [-0.1, -0.05) is 12.1 Å². The molecule has 0 unspecified atom stereocenters. The maximum absolute atomic E-state index is 5.39. The minimum absolute atomic E-state index is 0.244. The number of hydrogen-bond donors (Lipinski definition) is 0. The molecule has 0 bridgehead atoms. The third kappa shape index (κ3) is 2.83. The molecule has 0 fully saturated rings. The second kappa shape index (κ2) is 6.10. The van der Waals surface area contributed by atoms with Gasteiger partial charge in [-0.2, -0.15) is 0 Å². The van der Waals surface area contributed by atoms with Crippen LogP contribution in [0.5, 0.6) is 17.2 Å². The van der Waals surface area contributed by atoms with Crippen LogP contribution in [-0.4, -0.2) is 26.4 Å². The van der Waals surface area contributed by atoms with Gasteiger partial charge in [0.1, 0.15) is 5.75 Å². The largest absolute Gasteiger partial charge is 0.496 e. The van der Waals surface area contributed by atoms with Crippen LogP contribution in [0.15, 0.2) is 46.3 Å². The van der Waals surface area contributed by atoms with Gasteiger partial charge in [-0.25, -0.2) is 0 Å². The predicted molar refractivity (Wildman–Crippen MR) is 84.6 cm³/mol. The lowest BCUT2D eigenvalue weighted by molar-refractivity contribution is 0.174. The first-order chi connectivity index (χ1) is 10.3. The van der Waals surface area contributed by atoms with Crippen LogP contribution in [0.25, 0.3) is 0 Å². The lowest BCUT2D eigenvalue weighted by Gasteiger charge is -2.06. The van der Waals surface area contributed by atoms with Crippen molar-refractivity contribution in [3.63, 3.8) is 0 Å². The Morgan fingerprint density at radius 1 is 1.19 bits per heavy atom. The number of ether oxygens (including phenoxy) is 3. The smallest absolute Gasteiger partial charge is 0.231 e. The summed E-state index contributed by atoms with van der Waals surface area (Å²) in [6.07, 6.45) is 3.82. The van der Waals surface area contributed by atoms with E-state index in [4.69, 9.17) is 14.2 Å². The van der Waals surface area contributed by atoms with E-state index in [1.807, 2.05) is 42.7 Å². The zero-order chi connectivity index (χ0) is 14.7. The van der Waals surface area contributed by atoms with Gasteiger partial charge in [0.2, 0.25) is 6.79 Å². The Kier molecular flexibility index (Phi) is 4.01. The molecule has 1 aliphatic heterocycles. The first-order valence-electron chi connectivity index (χ1n) is 6.46. The lowest BCUT2D eigenvalue weighted by Crippen LogP contribution is -1.92. The van der Waals surface area contributed by atoms with Gasteiger partial charge < -0.3 is 14.2 Å². The van der Waals surface area contributed by atoms with Gasteiger partial charge in [0.15, 0.2) is 11.5 Å². The molecule has 2 aromatic rings. The summed E-state index contributed by atoms with van der Waals surface area (Å²) in [6, 6.07) is 11.7. The second-order valence-electron chi connectivity index (χ2n) is 4.38. The van der Waals surface area contributed by atoms with Crippen molar-refractivity contribution in [3.8, 4) is 17.2 Å². The van der Waals surface area contributed by atoms with E-state index in [9.17, 15) is 0 Å². The molecule has 0 N–H and O–H groups in total. The third-order valence-corrected chi connectivity index (χ3v) is 3.94. The maximum Gasteiger partial charge on any atom is 0.231 e. The quantitative estimate of drug-likeness (QED) is 0.634. The molecular weight excluding hydrogens is 286 g/mol. The van der Waals surface area contributed by atoms with Crippen LogP contribution >= 0.6 is 11.8 Å². The number of para-hydroxylation sites is 1. The Labute approximate surface area is 127 Å². The van der Waals surface area contributed by atoms with Crippen molar-refractivity contribution < 1.29 is 14.2 Å². The normalized spacial score (nSPS) is 12.9. The molecule has 3 rings (SSSR count). The van der Waals surface area contributed by atoms with E-state index < -0.39 is 0 Å². The van der Waals surface area contributed by atoms with Gasteiger partial charge in [0.25, 0.3) is 0 Å². The summed E-state index contributed by atoms with van der Waals surface area (Å²) in [5.41, 5.74) is 1.79. The Balaban J connectivity index is 1.95. The molecule has 0 amide bonds. The van der Waals surface area contributed by atoms with E-state index in [2.05, 4.69) is 4.99 Å². The third-order valence-electron chi connectivity index (χ3n) is 3.15. The van der Waals surface area contributed by atoms with E-state index in [1.54, 1.807) is 25.1 Å². The first-order valence-corrected chi connectivity index (χ1v) is 7.69. The van der Waals surface area contributed by atoms with Gasteiger partial charge in [-0.3, -0.25) is 4.99 Å². The fourth-order valence-corrected chi connectivity index (χ4v) is 2.64. The second-order valence-corrected chi connectivity index (χ2v) is 5.23. The van der Waals surface area contributed by atoms with Crippen molar-refractivity contribution in [3.05, 3.63) is 42.0 Å². The maximum atomic E-state index is 5.39. The average Bonchev–Trinajstić information content (AvgIpc) is 2.99. The molecule has 1 aliphatic rings. The Bertz CT molecular complexity index is 685. The Hall–Kier alpha value is -2.14. The van der Waals surface area contributed by atoms with Crippen molar-refractivity contribution >= 4 is 23.7 Å². The standard InChI is InChI=1S/C16H15NO3S/c1-18-13-8-15-14(19-10-20-15)7-11(13)9-17-12-5-3-4-6-16(12)21-2/h3-9H,10H2,1-2H3. The first kappa shape index (κ1) is 13.8. The minimum atomic E-state index is 0.244. The van der Waals surface area contributed by atoms with Crippen molar-refractivity contribution in [1.82, 2.24) is 0 Å². The number of hydrogen-bond acceptors (Lipinski definition) is 5. The Morgan fingerprint density at radius 2 is 1.95 bits per heavy atom. The number of fused-ring (bicyclic) bond motifs is 1. The van der Waals surface area contributed by atoms with Crippen molar-refractivity contribution in [2.24, 2.45) is 4.99 Å². The summed E-state index contributed by atoms with van der Waals surface area (Å²) < 4.78 is 16.1. The topological polar surface area (TPSA) is 40.0 Å². The SMILES string of the molecule is COc1cc2c(cc1C=Nc1ccccc1SC)OCO2. The van der Waals surface area contributed by atoms with Gasteiger partial charge in [0.05, 0.1) is 12.8 Å². The Morgan fingerprint density at radius 3 is 2.71 bits per heavy atom. The van der Waals surface area contributed by atoms with Crippen molar-refractivity contribution in [1.29, 1.82) is 0 Å². The highest BCUT2D eigenvalue weighted by Crippen LogP contribution is 2.37. The molecular formula is C16H15NO3S. The number of methoxy groups -OCH3 is 1. The molecule has 0 atom stereocenters. The van der Waals surface area contributed by atoms with E-state index in [-0.39, 0.29) is 6.79 Å². The zero-order valence-corrected chi connectivity index (χ0v) is 12.6. The van der Waals surface area contributed by atoms with E-state index in [0.29, 0.717) is 11.5 Å². The monoisotopic (exact) mass is 301 g/mol. The zero-order valence-electron chi connectivity index (χ0n) is 11.8. The number of aliphatic imine (C=N–C) groups is 1. The molecule has 0 spiro atoms. The number of benzene rings is 2. The highest BCUT2D eigenvalue weighted by molar-refractivity contribution is 7.98. The molecule has 1 heterocycles. The molecule has 2 aromatic carbocycles. The van der Waals surface area contributed by atoms with E-state index in [0.717, 1.165) is 21.9 Å². The summed E-state index contributed by atoms with van der Waals surface area (Å²) in [4.78, 5) is 5.69.